The monoisotopic (exact) mass is 350 g/mol. The lowest BCUT2D eigenvalue weighted by Gasteiger charge is -2.34. The molecule has 1 aromatic carbocycles. The molecule has 0 fully saturated rings. The number of methoxy groups -OCH3 is 1. The molecular weight excluding hydrogens is 316 g/mol. The van der Waals surface area contributed by atoms with Crippen molar-refractivity contribution in [3.8, 4) is 0 Å². The molecule has 1 unspecified atom stereocenters. The summed E-state index contributed by atoms with van der Waals surface area (Å²) in [5, 5.41) is 10.6. The van der Waals surface area contributed by atoms with Gasteiger partial charge in [-0.2, -0.15) is 0 Å². The van der Waals surface area contributed by atoms with Gasteiger partial charge in [0, 0.05) is 18.9 Å². The van der Waals surface area contributed by atoms with Gasteiger partial charge in [0.25, 0.3) is 0 Å². The molecule has 0 radical (unpaired) electrons. The Labute approximate surface area is 152 Å². The van der Waals surface area contributed by atoms with Gasteiger partial charge in [0.1, 0.15) is 6.79 Å². The van der Waals surface area contributed by atoms with Crippen LogP contribution in [0.4, 0.5) is 0 Å². The third-order valence-corrected chi connectivity index (χ3v) is 4.61. The molecule has 0 aliphatic carbocycles. The van der Waals surface area contributed by atoms with Crippen LogP contribution in [0.3, 0.4) is 0 Å². The highest BCUT2D eigenvalue weighted by Crippen LogP contribution is 2.26. The molecule has 0 bridgehead atoms. The molecule has 4 nitrogen and oxygen atoms in total. The lowest BCUT2D eigenvalue weighted by Crippen LogP contribution is -2.41. The zero-order valence-electron chi connectivity index (χ0n) is 16.1. The van der Waals surface area contributed by atoms with E-state index < -0.39 is 6.10 Å². The van der Waals surface area contributed by atoms with Crippen molar-refractivity contribution >= 4 is 0 Å². The first-order chi connectivity index (χ1) is 12.0. The summed E-state index contributed by atoms with van der Waals surface area (Å²) in [6, 6.07) is 10.1. The Balaban J connectivity index is 2.60. The second-order valence-corrected chi connectivity index (χ2v) is 6.87. The van der Waals surface area contributed by atoms with E-state index in [1.807, 2.05) is 50.3 Å². The predicted octanol–water partition coefficient (Wildman–Crippen LogP) is 4.04. The van der Waals surface area contributed by atoms with E-state index in [0.717, 1.165) is 12.0 Å². The lowest BCUT2D eigenvalue weighted by molar-refractivity contribution is -0.139. The van der Waals surface area contributed by atoms with Crippen LogP contribution in [-0.2, 0) is 20.8 Å². The van der Waals surface area contributed by atoms with Crippen LogP contribution in [-0.4, -0.2) is 37.8 Å². The summed E-state index contributed by atoms with van der Waals surface area (Å²) in [6.07, 6.45) is 2.02. The fourth-order valence-electron chi connectivity index (χ4n) is 3.13. The van der Waals surface area contributed by atoms with Crippen LogP contribution < -0.4 is 0 Å². The largest absolute Gasteiger partial charge is 0.392 e. The van der Waals surface area contributed by atoms with Crippen molar-refractivity contribution in [1.82, 2.24) is 0 Å². The summed E-state index contributed by atoms with van der Waals surface area (Å²) >= 11 is 0. The van der Waals surface area contributed by atoms with Crippen molar-refractivity contribution in [3.63, 3.8) is 0 Å². The van der Waals surface area contributed by atoms with E-state index in [4.69, 9.17) is 14.2 Å². The van der Waals surface area contributed by atoms with E-state index in [-0.39, 0.29) is 30.7 Å². The second kappa shape index (κ2) is 12.2. The molecule has 0 aliphatic rings. The lowest BCUT2D eigenvalue weighted by atomic mass is 9.83. The topological polar surface area (TPSA) is 47.9 Å². The normalized spacial score (nSPS) is 17.5. The molecule has 4 heteroatoms. The Bertz CT molecular complexity index is 462. The smallest absolute Gasteiger partial charge is 0.146 e. The molecule has 0 aromatic heterocycles. The number of rotatable bonds is 13. The number of allylic oxidation sites excluding steroid dienone is 1. The Morgan fingerprint density at radius 3 is 2.40 bits per heavy atom. The molecule has 0 aliphatic heterocycles. The van der Waals surface area contributed by atoms with Gasteiger partial charge in [-0.3, -0.25) is 0 Å². The van der Waals surface area contributed by atoms with Crippen molar-refractivity contribution < 1.29 is 19.3 Å². The maximum atomic E-state index is 10.6. The molecule has 0 spiro atoms. The average molecular weight is 350 g/mol. The third-order valence-electron chi connectivity index (χ3n) is 4.61. The van der Waals surface area contributed by atoms with E-state index in [0.29, 0.717) is 13.2 Å². The third kappa shape index (κ3) is 7.70. The first-order valence-electron chi connectivity index (χ1n) is 9.02. The molecular formula is C21H34O4. The van der Waals surface area contributed by atoms with Crippen molar-refractivity contribution in [2.45, 2.75) is 46.0 Å². The minimum absolute atomic E-state index is 0.0274. The zero-order valence-corrected chi connectivity index (χ0v) is 16.1. The van der Waals surface area contributed by atoms with E-state index in [2.05, 4.69) is 13.5 Å². The predicted molar refractivity (Wildman–Crippen MR) is 101 cm³/mol. The van der Waals surface area contributed by atoms with Gasteiger partial charge in [-0.25, -0.2) is 0 Å². The number of aliphatic hydroxyl groups is 1. The van der Waals surface area contributed by atoms with Gasteiger partial charge in [0.05, 0.1) is 25.4 Å². The highest BCUT2D eigenvalue weighted by molar-refractivity contribution is 5.13. The molecule has 1 aromatic rings. The van der Waals surface area contributed by atoms with Crippen LogP contribution in [0.5, 0.6) is 0 Å². The Hall–Kier alpha value is -1.20. The minimum atomic E-state index is -0.462. The SMILES string of the molecule is C=CCC(C)[C@H](O)[C@@H](C)[C@H](OCOC)[C@H](C)COCc1ccccc1. The van der Waals surface area contributed by atoms with E-state index >= 15 is 0 Å². The van der Waals surface area contributed by atoms with Gasteiger partial charge in [0.15, 0.2) is 0 Å². The first-order valence-corrected chi connectivity index (χ1v) is 9.02. The molecule has 1 rings (SSSR count). The van der Waals surface area contributed by atoms with Crippen LogP contribution >= 0.6 is 0 Å². The molecule has 1 N–H and O–H groups in total. The number of benzene rings is 1. The fraction of sp³-hybridized carbons (Fsp3) is 0.619. The minimum Gasteiger partial charge on any atom is -0.392 e. The van der Waals surface area contributed by atoms with Crippen molar-refractivity contribution in [2.24, 2.45) is 17.8 Å². The van der Waals surface area contributed by atoms with Crippen molar-refractivity contribution in [2.75, 3.05) is 20.5 Å². The van der Waals surface area contributed by atoms with Gasteiger partial charge >= 0.3 is 0 Å². The van der Waals surface area contributed by atoms with Gasteiger partial charge < -0.3 is 19.3 Å². The quantitative estimate of drug-likeness (QED) is 0.431. The van der Waals surface area contributed by atoms with Gasteiger partial charge in [0.2, 0.25) is 0 Å². The summed E-state index contributed by atoms with van der Waals surface area (Å²) in [7, 11) is 1.61. The Morgan fingerprint density at radius 2 is 1.80 bits per heavy atom. The number of hydrogen-bond donors (Lipinski definition) is 1. The van der Waals surface area contributed by atoms with Crippen molar-refractivity contribution in [3.05, 3.63) is 48.6 Å². The number of aliphatic hydroxyl groups excluding tert-OH is 1. The van der Waals surface area contributed by atoms with E-state index in [1.165, 1.54) is 0 Å². The molecule has 0 saturated heterocycles. The number of hydrogen-bond acceptors (Lipinski definition) is 4. The van der Waals surface area contributed by atoms with Crippen LogP contribution in [0, 0.1) is 17.8 Å². The van der Waals surface area contributed by atoms with E-state index in [1.54, 1.807) is 7.11 Å². The van der Waals surface area contributed by atoms with Crippen LogP contribution in [0.25, 0.3) is 0 Å². The van der Waals surface area contributed by atoms with Crippen molar-refractivity contribution in [1.29, 1.82) is 0 Å². The highest BCUT2D eigenvalue weighted by Gasteiger charge is 2.32. The second-order valence-electron chi connectivity index (χ2n) is 6.87. The summed E-state index contributed by atoms with van der Waals surface area (Å²) in [4.78, 5) is 0. The van der Waals surface area contributed by atoms with Crippen LogP contribution in [0.2, 0.25) is 0 Å². The Kier molecular flexibility index (Phi) is 10.7. The molecule has 25 heavy (non-hydrogen) atoms. The number of ether oxygens (including phenoxy) is 3. The van der Waals surface area contributed by atoms with Crippen LogP contribution in [0.1, 0.15) is 32.8 Å². The highest BCUT2D eigenvalue weighted by atomic mass is 16.7. The van der Waals surface area contributed by atoms with Crippen LogP contribution in [0.15, 0.2) is 43.0 Å². The average Bonchev–Trinajstić information content (AvgIpc) is 2.62. The molecule has 0 heterocycles. The Morgan fingerprint density at radius 1 is 1.12 bits per heavy atom. The zero-order chi connectivity index (χ0) is 18.7. The van der Waals surface area contributed by atoms with E-state index in [9.17, 15) is 5.11 Å². The fourth-order valence-corrected chi connectivity index (χ4v) is 3.13. The summed E-state index contributed by atoms with van der Waals surface area (Å²) in [5.74, 6) is 0.249. The summed E-state index contributed by atoms with van der Waals surface area (Å²) in [6.45, 7) is 11.3. The molecule has 5 atom stereocenters. The molecule has 142 valence electrons. The molecule has 0 saturated carbocycles. The first kappa shape index (κ1) is 21.8. The summed E-state index contributed by atoms with van der Waals surface area (Å²) < 4.78 is 16.8. The maximum Gasteiger partial charge on any atom is 0.146 e. The maximum absolute atomic E-state index is 10.6. The van der Waals surface area contributed by atoms with Gasteiger partial charge in [-0.05, 0) is 17.9 Å². The summed E-state index contributed by atoms with van der Waals surface area (Å²) in [5.41, 5.74) is 1.15. The van der Waals surface area contributed by atoms with Gasteiger partial charge in [-0.1, -0.05) is 57.2 Å². The van der Waals surface area contributed by atoms with Gasteiger partial charge in [-0.15, -0.1) is 6.58 Å². The standard InChI is InChI=1S/C21H34O4/c1-6-10-16(2)20(22)18(4)21(25-15-23-5)17(3)13-24-14-19-11-8-7-9-12-19/h6-9,11-12,16-18,20-22H,1,10,13-15H2,2-5H3/t16?,17-,18-,20+,21-/m1/s1. The molecule has 0 amide bonds.